The number of anilines is 1. The highest BCUT2D eigenvalue weighted by atomic mass is 32.1. The lowest BCUT2D eigenvalue weighted by molar-refractivity contribution is 0.0697. The van der Waals surface area contributed by atoms with Gasteiger partial charge in [0, 0.05) is 10.4 Å². The Morgan fingerprint density at radius 1 is 1.10 bits per heavy atom. The Bertz CT molecular complexity index is 1080. The molecule has 0 bridgehead atoms. The Morgan fingerprint density at radius 3 is 2.52 bits per heavy atom. The molecule has 0 fully saturated rings. The number of hydrogen-bond donors (Lipinski definition) is 3. The molecule has 3 N–H and O–H groups in total. The van der Waals surface area contributed by atoms with E-state index in [1.165, 1.54) is 16.9 Å². The van der Waals surface area contributed by atoms with Crippen molar-refractivity contribution in [3.05, 3.63) is 81.7 Å². The number of amides is 1. The molecule has 4 rings (SSSR count). The second kappa shape index (κ2) is 9.32. The van der Waals surface area contributed by atoms with Crippen LogP contribution in [0.1, 0.15) is 49.1 Å². The zero-order valence-corrected chi connectivity index (χ0v) is 17.7. The Kier molecular flexibility index (Phi) is 6.34. The number of nitrogens with one attached hydrogen (secondary N) is 1. The fourth-order valence-corrected chi connectivity index (χ4v) is 5.27. The van der Waals surface area contributed by atoms with Crippen LogP contribution in [0.5, 0.6) is 5.75 Å². The van der Waals surface area contributed by atoms with E-state index in [2.05, 4.69) is 17.4 Å². The zero-order chi connectivity index (χ0) is 21.8. The number of aromatic carboxylic acids is 1. The summed E-state index contributed by atoms with van der Waals surface area (Å²) in [6, 6.07) is 16.8. The van der Waals surface area contributed by atoms with Crippen molar-refractivity contribution in [3.8, 4) is 5.75 Å². The van der Waals surface area contributed by atoms with Gasteiger partial charge >= 0.3 is 5.97 Å². The zero-order valence-electron chi connectivity index (χ0n) is 16.8. The number of benzene rings is 2. The summed E-state index contributed by atoms with van der Waals surface area (Å²) >= 11 is 1.36. The number of carbonyl (C=O) groups excluding carboxylic acids is 1. The highest BCUT2D eigenvalue weighted by molar-refractivity contribution is 7.17. The Labute approximate surface area is 184 Å². The number of carboxylic acids is 1. The summed E-state index contributed by atoms with van der Waals surface area (Å²) in [7, 11) is 0. The van der Waals surface area contributed by atoms with Crippen LogP contribution in [0, 0.1) is 0 Å². The molecule has 0 aliphatic heterocycles. The molecule has 6 nitrogen and oxygen atoms in total. The van der Waals surface area contributed by atoms with Crippen LogP contribution < -0.4 is 10.1 Å². The van der Waals surface area contributed by atoms with Gasteiger partial charge in [0.25, 0.3) is 5.91 Å². The van der Waals surface area contributed by atoms with E-state index in [4.69, 9.17) is 9.84 Å². The topological polar surface area (TPSA) is 95.9 Å². The molecule has 0 radical (unpaired) electrons. The molecule has 7 heteroatoms. The molecule has 0 spiro atoms. The predicted octanol–water partition coefficient (Wildman–Crippen LogP) is 4.34. The Morgan fingerprint density at radius 2 is 1.84 bits per heavy atom. The van der Waals surface area contributed by atoms with Crippen molar-refractivity contribution in [2.24, 2.45) is 0 Å². The standard InChI is InChI=1S/C24H23NO5S/c26-12-13-30-18-9-6-16(7-10-18)22(27)25-23-21(24(28)29)19-11-8-17(14-20(19)31-23)15-4-2-1-3-5-15/h1-7,9-10,17,26H,8,11-14H2,(H,25,27)(H,28,29). The van der Waals surface area contributed by atoms with Gasteiger partial charge in [-0.25, -0.2) is 4.79 Å². The molecule has 31 heavy (non-hydrogen) atoms. The van der Waals surface area contributed by atoms with Crippen LogP contribution in [0.25, 0.3) is 0 Å². The monoisotopic (exact) mass is 437 g/mol. The quantitative estimate of drug-likeness (QED) is 0.511. The van der Waals surface area contributed by atoms with Gasteiger partial charge in [0.05, 0.1) is 12.2 Å². The molecule has 1 atom stereocenters. The third kappa shape index (κ3) is 4.62. The van der Waals surface area contributed by atoms with Gasteiger partial charge in [0.1, 0.15) is 17.4 Å². The van der Waals surface area contributed by atoms with Crippen LogP contribution in [0.15, 0.2) is 54.6 Å². The summed E-state index contributed by atoms with van der Waals surface area (Å²) < 4.78 is 5.30. The summed E-state index contributed by atoms with van der Waals surface area (Å²) in [6.45, 7) is 0.0899. The normalized spacial score (nSPS) is 15.2. The van der Waals surface area contributed by atoms with E-state index in [1.807, 2.05) is 18.2 Å². The minimum Gasteiger partial charge on any atom is -0.491 e. The van der Waals surface area contributed by atoms with Crippen molar-refractivity contribution in [2.75, 3.05) is 18.5 Å². The predicted molar refractivity (Wildman–Crippen MR) is 119 cm³/mol. The van der Waals surface area contributed by atoms with Crippen LogP contribution in [-0.4, -0.2) is 35.3 Å². The number of aliphatic hydroxyl groups is 1. The molecule has 2 aromatic carbocycles. The van der Waals surface area contributed by atoms with E-state index in [0.29, 0.717) is 28.7 Å². The average molecular weight is 438 g/mol. The molecule has 160 valence electrons. The molecule has 1 amide bonds. The summed E-state index contributed by atoms with van der Waals surface area (Å²) in [5, 5.41) is 21.8. The average Bonchev–Trinajstić information content (AvgIpc) is 3.15. The second-order valence-electron chi connectivity index (χ2n) is 7.41. The highest BCUT2D eigenvalue weighted by Gasteiger charge is 2.30. The number of aliphatic hydroxyl groups excluding tert-OH is 1. The van der Waals surface area contributed by atoms with Gasteiger partial charge in [0.2, 0.25) is 0 Å². The molecule has 1 aromatic heterocycles. The number of thiophene rings is 1. The second-order valence-corrected chi connectivity index (χ2v) is 8.52. The van der Waals surface area contributed by atoms with Crippen molar-refractivity contribution < 1.29 is 24.5 Å². The number of ether oxygens (including phenoxy) is 1. The lowest BCUT2D eigenvalue weighted by Gasteiger charge is -2.22. The van der Waals surface area contributed by atoms with Crippen LogP contribution >= 0.6 is 11.3 Å². The largest absolute Gasteiger partial charge is 0.491 e. The maximum absolute atomic E-state index is 12.7. The lowest BCUT2D eigenvalue weighted by atomic mass is 9.83. The maximum atomic E-state index is 12.7. The van der Waals surface area contributed by atoms with E-state index >= 15 is 0 Å². The molecule has 1 unspecified atom stereocenters. The van der Waals surface area contributed by atoms with Crippen LogP contribution in [0.2, 0.25) is 0 Å². The molecule has 1 heterocycles. The third-order valence-corrected chi connectivity index (χ3v) is 6.62. The minimum atomic E-state index is -1.02. The summed E-state index contributed by atoms with van der Waals surface area (Å²) in [4.78, 5) is 25.8. The minimum absolute atomic E-state index is 0.0889. The maximum Gasteiger partial charge on any atom is 0.339 e. The van der Waals surface area contributed by atoms with Gasteiger partial charge < -0.3 is 20.3 Å². The lowest BCUT2D eigenvalue weighted by Crippen LogP contribution is -2.15. The Hall–Kier alpha value is -3.16. The van der Waals surface area contributed by atoms with Gasteiger partial charge in [-0.15, -0.1) is 11.3 Å². The van der Waals surface area contributed by atoms with Crippen LogP contribution in [0.3, 0.4) is 0 Å². The van der Waals surface area contributed by atoms with Gasteiger partial charge in [-0.2, -0.15) is 0 Å². The van der Waals surface area contributed by atoms with Crippen LogP contribution in [0.4, 0.5) is 5.00 Å². The fraction of sp³-hybridized carbons (Fsp3) is 0.250. The van der Waals surface area contributed by atoms with E-state index < -0.39 is 5.97 Å². The first kappa shape index (κ1) is 21.1. The Balaban J connectivity index is 1.54. The summed E-state index contributed by atoms with van der Waals surface area (Å²) in [5.74, 6) is -0.479. The van der Waals surface area contributed by atoms with Crippen molar-refractivity contribution in [1.29, 1.82) is 0 Å². The van der Waals surface area contributed by atoms with E-state index in [-0.39, 0.29) is 24.7 Å². The van der Waals surface area contributed by atoms with Crippen molar-refractivity contribution >= 4 is 28.2 Å². The van der Waals surface area contributed by atoms with Gasteiger partial charge in [0.15, 0.2) is 0 Å². The molecule has 1 aliphatic carbocycles. The SMILES string of the molecule is O=C(Nc1sc2c(c1C(=O)O)CCC(c1ccccc1)C2)c1ccc(OCCO)cc1. The van der Waals surface area contributed by atoms with Crippen LogP contribution in [-0.2, 0) is 12.8 Å². The van der Waals surface area contributed by atoms with Gasteiger partial charge in [-0.3, -0.25) is 4.79 Å². The number of fused-ring (bicyclic) bond motifs is 1. The number of hydrogen-bond acceptors (Lipinski definition) is 5. The first-order valence-corrected chi connectivity index (χ1v) is 11.0. The molecule has 3 aromatic rings. The van der Waals surface area contributed by atoms with E-state index in [9.17, 15) is 14.7 Å². The first-order valence-electron chi connectivity index (χ1n) is 10.1. The summed E-state index contributed by atoms with van der Waals surface area (Å²) in [5.41, 5.74) is 2.71. The number of rotatable bonds is 7. The number of carboxylic acid groups (broad SMARTS) is 1. The smallest absolute Gasteiger partial charge is 0.339 e. The van der Waals surface area contributed by atoms with E-state index in [1.54, 1.807) is 24.3 Å². The van der Waals surface area contributed by atoms with Crippen molar-refractivity contribution in [2.45, 2.75) is 25.2 Å². The highest BCUT2D eigenvalue weighted by Crippen LogP contribution is 2.42. The molecule has 0 saturated carbocycles. The first-order chi connectivity index (χ1) is 15.1. The molecular weight excluding hydrogens is 414 g/mol. The van der Waals surface area contributed by atoms with Gasteiger partial charge in [-0.05, 0) is 60.6 Å². The van der Waals surface area contributed by atoms with Gasteiger partial charge in [-0.1, -0.05) is 30.3 Å². The van der Waals surface area contributed by atoms with E-state index in [0.717, 1.165) is 23.3 Å². The fourth-order valence-electron chi connectivity index (χ4n) is 3.95. The molecular formula is C24H23NO5S. The third-order valence-electron chi connectivity index (χ3n) is 5.45. The molecule has 1 aliphatic rings. The summed E-state index contributed by atoms with van der Waals surface area (Å²) in [6.07, 6.45) is 2.34. The molecule has 0 saturated heterocycles. The van der Waals surface area contributed by atoms with Crippen molar-refractivity contribution in [1.82, 2.24) is 0 Å². The number of carbonyl (C=O) groups is 2. The van der Waals surface area contributed by atoms with Crippen molar-refractivity contribution in [3.63, 3.8) is 0 Å².